The number of hydrogen-bond donors (Lipinski definition) is 0. The van der Waals surface area contributed by atoms with E-state index in [1.54, 1.807) is 0 Å². The van der Waals surface area contributed by atoms with E-state index in [2.05, 4.69) is 4.43 Å². The summed E-state index contributed by atoms with van der Waals surface area (Å²) in [5, 5.41) is 0. The SMILES string of the molecule is CO[Si](C)(C)C(F)(F)C(F)(F)F. The molecule has 74 valence electrons. The van der Waals surface area contributed by atoms with E-state index in [0.717, 1.165) is 20.2 Å². The van der Waals surface area contributed by atoms with Crippen molar-refractivity contribution in [3.63, 3.8) is 0 Å². The van der Waals surface area contributed by atoms with Crippen LogP contribution in [0.25, 0.3) is 0 Å². The lowest BCUT2D eigenvalue weighted by atomic mass is 10.7. The van der Waals surface area contributed by atoms with Crippen LogP contribution < -0.4 is 0 Å². The van der Waals surface area contributed by atoms with Crippen LogP contribution in [0, 0.1) is 0 Å². The second kappa shape index (κ2) is 2.95. The van der Waals surface area contributed by atoms with E-state index in [0.29, 0.717) is 0 Å². The second-order valence-electron chi connectivity index (χ2n) is 2.79. The fourth-order valence-corrected chi connectivity index (χ4v) is 1.41. The van der Waals surface area contributed by atoms with Crippen LogP contribution in [0.2, 0.25) is 13.1 Å². The summed E-state index contributed by atoms with van der Waals surface area (Å²) < 4.78 is 64.4. The quantitative estimate of drug-likeness (QED) is 0.500. The number of halogens is 5. The highest BCUT2D eigenvalue weighted by atomic mass is 28.4. The Labute approximate surface area is 67.6 Å². The van der Waals surface area contributed by atoms with Crippen LogP contribution in [-0.4, -0.2) is 27.1 Å². The predicted molar refractivity (Wildman–Crippen MR) is 35.5 cm³/mol. The topological polar surface area (TPSA) is 9.23 Å². The zero-order valence-corrected chi connectivity index (χ0v) is 7.80. The van der Waals surface area contributed by atoms with Gasteiger partial charge in [0.05, 0.1) is 0 Å². The first-order valence-electron chi connectivity index (χ1n) is 3.06. The molecule has 1 nitrogen and oxygen atoms in total. The largest absolute Gasteiger partial charge is 0.451 e. The molecule has 0 aromatic carbocycles. The van der Waals surface area contributed by atoms with E-state index in [-0.39, 0.29) is 0 Å². The molecule has 0 saturated carbocycles. The van der Waals surface area contributed by atoms with Gasteiger partial charge in [0.1, 0.15) is 0 Å². The van der Waals surface area contributed by atoms with Gasteiger partial charge in [0.15, 0.2) is 0 Å². The summed E-state index contributed by atoms with van der Waals surface area (Å²) in [6.45, 7) is 1.64. The molecular formula is C5H9F5OSi. The molecule has 0 radical (unpaired) electrons. The normalized spacial score (nSPS) is 15.0. The molecule has 0 unspecified atom stereocenters. The lowest BCUT2D eigenvalue weighted by Gasteiger charge is -2.31. The molecular weight excluding hydrogens is 199 g/mol. The zero-order valence-electron chi connectivity index (χ0n) is 6.80. The Bertz CT molecular complexity index is 164. The highest BCUT2D eigenvalue weighted by Gasteiger charge is 2.68. The first kappa shape index (κ1) is 11.8. The maximum absolute atomic E-state index is 12.5. The Morgan fingerprint density at radius 2 is 1.33 bits per heavy atom. The summed E-state index contributed by atoms with van der Waals surface area (Å²) in [7, 11) is -3.13. The van der Waals surface area contributed by atoms with Crippen molar-refractivity contribution < 1.29 is 26.4 Å². The Balaban J connectivity index is 4.85. The van der Waals surface area contributed by atoms with Crippen LogP contribution in [0.1, 0.15) is 0 Å². The van der Waals surface area contributed by atoms with Gasteiger partial charge in [-0.05, 0) is 13.1 Å². The minimum atomic E-state index is -5.52. The van der Waals surface area contributed by atoms with Gasteiger partial charge in [-0.25, -0.2) is 0 Å². The highest BCUT2D eigenvalue weighted by molar-refractivity contribution is 6.73. The molecule has 0 aromatic heterocycles. The van der Waals surface area contributed by atoms with E-state index < -0.39 is 20.0 Å². The van der Waals surface area contributed by atoms with E-state index in [9.17, 15) is 22.0 Å². The molecule has 0 N–H and O–H groups in total. The Morgan fingerprint density at radius 1 is 1.00 bits per heavy atom. The fraction of sp³-hybridized carbons (Fsp3) is 1.00. The van der Waals surface area contributed by atoms with E-state index >= 15 is 0 Å². The third-order valence-corrected chi connectivity index (χ3v) is 4.44. The van der Waals surface area contributed by atoms with E-state index in [1.807, 2.05) is 0 Å². The number of hydrogen-bond acceptors (Lipinski definition) is 1. The van der Waals surface area contributed by atoms with Crippen LogP contribution >= 0.6 is 0 Å². The summed E-state index contributed by atoms with van der Waals surface area (Å²) in [6.07, 6.45) is -5.52. The average Bonchev–Trinajstić information content (AvgIpc) is 1.85. The van der Waals surface area contributed by atoms with E-state index in [1.165, 1.54) is 0 Å². The van der Waals surface area contributed by atoms with Crippen molar-refractivity contribution in [2.75, 3.05) is 7.11 Å². The molecule has 0 rings (SSSR count). The van der Waals surface area contributed by atoms with Crippen LogP contribution in [-0.2, 0) is 4.43 Å². The molecule has 0 spiro atoms. The summed E-state index contributed by atoms with van der Waals surface area (Å²) in [5.74, 6) is 0. The molecule has 0 saturated heterocycles. The molecule has 0 aliphatic rings. The van der Waals surface area contributed by atoms with Crippen LogP contribution in [0.5, 0.6) is 0 Å². The second-order valence-corrected chi connectivity index (χ2v) is 6.84. The van der Waals surface area contributed by atoms with Crippen molar-refractivity contribution in [3.05, 3.63) is 0 Å². The first-order valence-corrected chi connectivity index (χ1v) is 5.97. The molecule has 12 heavy (non-hydrogen) atoms. The van der Waals surface area contributed by atoms with Crippen molar-refractivity contribution in [2.24, 2.45) is 0 Å². The van der Waals surface area contributed by atoms with Gasteiger partial charge >= 0.3 is 11.7 Å². The molecule has 0 heterocycles. The summed E-state index contributed by atoms with van der Waals surface area (Å²) in [6, 6.07) is 0. The molecule has 0 atom stereocenters. The van der Waals surface area contributed by atoms with Gasteiger partial charge in [0.2, 0.25) is 0 Å². The maximum Gasteiger partial charge on any atom is 0.451 e. The fourth-order valence-electron chi connectivity index (χ4n) is 0.470. The Hall–Kier alpha value is -0.173. The summed E-state index contributed by atoms with van der Waals surface area (Å²) >= 11 is 0. The standard InChI is InChI=1S/C5H9F5OSi/c1-11-12(2,3)5(9,10)4(6,7)8/h1-3H3. The van der Waals surface area contributed by atoms with Crippen LogP contribution in [0.15, 0.2) is 0 Å². The van der Waals surface area contributed by atoms with Gasteiger partial charge in [-0.15, -0.1) is 0 Å². The molecule has 0 aliphatic carbocycles. The molecule has 0 aliphatic heterocycles. The smallest absolute Gasteiger partial charge is 0.413 e. The molecule has 0 amide bonds. The number of alkyl halides is 5. The van der Waals surface area contributed by atoms with Crippen molar-refractivity contribution >= 4 is 8.32 Å². The molecule has 7 heteroatoms. The van der Waals surface area contributed by atoms with Crippen LogP contribution in [0.4, 0.5) is 22.0 Å². The van der Waals surface area contributed by atoms with Crippen molar-refractivity contribution in [1.29, 1.82) is 0 Å². The highest BCUT2D eigenvalue weighted by Crippen LogP contribution is 2.42. The predicted octanol–water partition coefficient (Wildman–Crippen LogP) is 2.57. The lowest BCUT2D eigenvalue weighted by molar-refractivity contribution is -0.252. The van der Waals surface area contributed by atoms with Crippen molar-refractivity contribution in [2.45, 2.75) is 24.8 Å². The third kappa shape index (κ3) is 1.77. The average molecular weight is 208 g/mol. The first-order chi connectivity index (χ1) is 5.06. The van der Waals surface area contributed by atoms with Crippen molar-refractivity contribution in [1.82, 2.24) is 0 Å². The monoisotopic (exact) mass is 208 g/mol. The van der Waals surface area contributed by atoms with Gasteiger partial charge in [0, 0.05) is 7.11 Å². The van der Waals surface area contributed by atoms with Gasteiger partial charge in [0.25, 0.3) is 8.32 Å². The van der Waals surface area contributed by atoms with Crippen molar-refractivity contribution in [3.8, 4) is 0 Å². The summed E-state index contributed by atoms with van der Waals surface area (Å²) in [5.41, 5.74) is -4.70. The third-order valence-electron chi connectivity index (χ3n) is 1.62. The van der Waals surface area contributed by atoms with E-state index in [4.69, 9.17) is 0 Å². The minimum absolute atomic E-state index is 0.820. The summed E-state index contributed by atoms with van der Waals surface area (Å²) in [4.78, 5) is 0. The van der Waals surface area contributed by atoms with Gasteiger partial charge in [-0.2, -0.15) is 22.0 Å². The van der Waals surface area contributed by atoms with Gasteiger partial charge in [-0.3, -0.25) is 0 Å². The molecule has 0 aromatic rings. The molecule has 0 fully saturated rings. The zero-order chi connectivity index (χ0) is 10.2. The van der Waals surface area contributed by atoms with Gasteiger partial charge in [-0.1, -0.05) is 0 Å². The number of rotatable bonds is 2. The van der Waals surface area contributed by atoms with Crippen LogP contribution in [0.3, 0.4) is 0 Å². The maximum atomic E-state index is 12.5. The Kier molecular flexibility index (Phi) is 2.91. The van der Waals surface area contributed by atoms with Gasteiger partial charge < -0.3 is 4.43 Å². The molecule has 0 bridgehead atoms. The Morgan fingerprint density at radius 3 is 1.42 bits per heavy atom. The lowest BCUT2D eigenvalue weighted by Crippen LogP contribution is -2.58. The minimum Gasteiger partial charge on any atom is -0.413 e.